The van der Waals surface area contributed by atoms with Gasteiger partial charge in [0.05, 0.1) is 9.80 Å². The Kier molecular flexibility index (Phi) is 4.29. The number of benzene rings is 1. The average Bonchev–Trinajstić information content (AvgIpc) is 3.04. The van der Waals surface area contributed by atoms with Crippen molar-refractivity contribution in [2.45, 2.75) is 6.92 Å². The summed E-state index contributed by atoms with van der Waals surface area (Å²) in [5, 5.41) is 10.7. The van der Waals surface area contributed by atoms with Crippen molar-refractivity contribution in [3.05, 3.63) is 57.0 Å². The Morgan fingerprint density at radius 2 is 1.91 bits per heavy atom. The van der Waals surface area contributed by atoms with E-state index in [4.69, 9.17) is 0 Å². The molecule has 2 aromatic rings. The second-order valence-electron chi connectivity index (χ2n) is 5.51. The van der Waals surface area contributed by atoms with Crippen LogP contribution in [-0.2, 0) is 0 Å². The lowest BCUT2D eigenvalue weighted by atomic mass is 10.2. The molecule has 1 aliphatic heterocycles. The minimum absolute atomic E-state index is 0.00625. The van der Waals surface area contributed by atoms with Gasteiger partial charge in [-0.2, -0.15) is 0 Å². The SMILES string of the molecule is Cc1cccc(N2CCN(C(=O)c3ccc([N+](=O)[O-])s3)CC2)c1. The van der Waals surface area contributed by atoms with E-state index in [1.165, 1.54) is 23.4 Å². The second kappa shape index (κ2) is 6.37. The Balaban J connectivity index is 1.64. The van der Waals surface area contributed by atoms with Crippen LogP contribution in [0.3, 0.4) is 0 Å². The molecular weight excluding hydrogens is 314 g/mol. The van der Waals surface area contributed by atoms with Gasteiger partial charge in [-0.05, 0) is 30.7 Å². The highest BCUT2D eigenvalue weighted by Gasteiger charge is 2.24. The van der Waals surface area contributed by atoms with Gasteiger partial charge in [0, 0.05) is 37.9 Å². The van der Waals surface area contributed by atoms with E-state index >= 15 is 0 Å². The van der Waals surface area contributed by atoms with Crippen LogP contribution < -0.4 is 4.90 Å². The Labute approximate surface area is 138 Å². The van der Waals surface area contributed by atoms with Crippen LogP contribution in [0.5, 0.6) is 0 Å². The van der Waals surface area contributed by atoms with Crippen molar-refractivity contribution >= 4 is 27.9 Å². The van der Waals surface area contributed by atoms with Crippen molar-refractivity contribution in [1.29, 1.82) is 0 Å². The fourth-order valence-corrected chi connectivity index (χ4v) is 3.48. The zero-order chi connectivity index (χ0) is 16.4. The van der Waals surface area contributed by atoms with Crippen LogP contribution >= 0.6 is 11.3 Å². The molecule has 0 spiro atoms. The minimum Gasteiger partial charge on any atom is -0.368 e. The van der Waals surface area contributed by atoms with Crippen molar-refractivity contribution < 1.29 is 9.72 Å². The van der Waals surface area contributed by atoms with E-state index in [9.17, 15) is 14.9 Å². The van der Waals surface area contributed by atoms with Crippen molar-refractivity contribution in [3.63, 3.8) is 0 Å². The number of aryl methyl sites for hydroxylation is 1. The Bertz CT molecular complexity index is 736. The topological polar surface area (TPSA) is 66.7 Å². The predicted octanol–water partition coefficient (Wildman–Crippen LogP) is 2.93. The maximum absolute atomic E-state index is 12.4. The lowest BCUT2D eigenvalue weighted by molar-refractivity contribution is -0.380. The summed E-state index contributed by atoms with van der Waals surface area (Å²) in [5.74, 6) is -0.119. The van der Waals surface area contributed by atoms with Crippen molar-refractivity contribution in [1.82, 2.24) is 4.90 Å². The number of hydrogen-bond acceptors (Lipinski definition) is 5. The van der Waals surface area contributed by atoms with Gasteiger partial charge in [0.15, 0.2) is 0 Å². The van der Waals surface area contributed by atoms with Gasteiger partial charge in [0.2, 0.25) is 0 Å². The number of anilines is 1. The molecule has 0 radical (unpaired) electrons. The molecule has 23 heavy (non-hydrogen) atoms. The zero-order valence-electron chi connectivity index (χ0n) is 12.8. The molecule has 1 saturated heterocycles. The summed E-state index contributed by atoms with van der Waals surface area (Å²) >= 11 is 0.938. The number of piperazine rings is 1. The van der Waals surface area contributed by atoms with E-state index in [1.54, 1.807) is 4.90 Å². The fourth-order valence-electron chi connectivity index (χ4n) is 2.69. The highest BCUT2D eigenvalue weighted by molar-refractivity contribution is 7.17. The molecule has 0 N–H and O–H groups in total. The van der Waals surface area contributed by atoms with Crippen molar-refractivity contribution in [2.24, 2.45) is 0 Å². The first-order valence-electron chi connectivity index (χ1n) is 7.40. The van der Waals surface area contributed by atoms with E-state index in [-0.39, 0.29) is 10.9 Å². The summed E-state index contributed by atoms with van der Waals surface area (Å²) in [7, 11) is 0. The largest absolute Gasteiger partial charge is 0.368 e. The second-order valence-corrected chi connectivity index (χ2v) is 6.58. The summed E-state index contributed by atoms with van der Waals surface area (Å²) < 4.78 is 0. The lowest BCUT2D eigenvalue weighted by Crippen LogP contribution is -2.48. The number of carbonyl (C=O) groups excluding carboxylic acids is 1. The van der Waals surface area contributed by atoms with E-state index < -0.39 is 4.92 Å². The van der Waals surface area contributed by atoms with Gasteiger partial charge in [-0.15, -0.1) is 0 Å². The third-order valence-electron chi connectivity index (χ3n) is 3.92. The van der Waals surface area contributed by atoms with Crippen LogP contribution in [0.4, 0.5) is 10.7 Å². The molecule has 1 aromatic carbocycles. The van der Waals surface area contributed by atoms with Gasteiger partial charge >= 0.3 is 5.00 Å². The number of nitro groups is 1. The van der Waals surface area contributed by atoms with E-state index in [0.29, 0.717) is 18.0 Å². The molecule has 2 heterocycles. The monoisotopic (exact) mass is 331 g/mol. The Morgan fingerprint density at radius 1 is 1.17 bits per heavy atom. The van der Waals surface area contributed by atoms with E-state index in [2.05, 4.69) is 30.0 Å². The van der Waals surface area contributed by atoms with Crippen LogP contribution in [0.15, 0.2) is 36.4 Å². The number of thiophene rings is 1. The van der Waals surface area contributed by atoms with Crippen LogP contribution in [0.2, 0.25) is 0 Å². The first-order chi connectivity index (χ1) is 11.0. The molecule has 1 aliphatic rings. The zero-order valence-corrected chi connectivity index (χ0v) is 13.6. The minimum atomic E-state index is -0.461. The van der Waals surface area contributed by atoms with E-state index in [0.717, 1.165) is 24.4 Å². The maximum atomic E-state index is 12.4. The fraction of sp³-hybridized carbons (Fsp3) is 0.312. The number of carbonyl (C=O) groups is 1. The summed E-state index contributed by atoms with van der Waals surface area (Å²) in [5.41, 5.74) is 2.38. The van der Waals surface area contributed by atoms with Gasteiger partial charge in [0.25, 0.3) is 5.91 Å². The predicted molar refractivity (Wildman–Crippen MR) is 90.3 cm³/mol. The summed E-state index contributed by atoms with van der Waals surface area (Å²) in [6.07, 6.45) is 0. The number of amides is 1. The number of rotatable bonds is 3. The van der Waals surface area contributed by atoms with Crippen LogP contribution in [0, 0.1) is 17.0 Å². The van der Waals surface area contributed by atoms with Crippen molar-refractivity contribution in [2.75, 3.05) is 31.1 Å². The van der Waals surface area contributed by atoms with Gasteiger partial charge in [0.1, 0.15) is 0 Å². The standard InChI is InChI=1S/C16H17N3O3S/c1-12-3-2-4-13(11-12)17-7-9-18(10-8-17)16(20)14-5-6-15(23-14)19(21)22/h2-6,11H,7-10H2,1H3. The lowest BCUT2D eigenvalue weighted by Gasteiger charge is -2.36. The summed E-state index contributed by atoms with van der Waals surface area (Å²) in [6, 6.07) is 11.2. The highest BCUT2D eigenvalue weighted by atomic mass is 32.1. The number of nitrogens with zero attached hydrogens (tertiary/aromatic N) is 3. The van der Waals surface area contributed by atoms with Gasteiger partial charge in [-0.3, -0.25) is 14.9 Å². The molecule has 1 fully saturated rings. The van der Waals surface area contributed by atoms with Crippen LogP contribution in [0.1, 0.15) is 15.2 Å². The third kappa shape index (κ3) is 3.34. The highest BCUT2D eigenvalue weighted by Crippen LogP contribution is 2.26. The summed E-state index contributed by atoms with van der Waals surface area (Å²) in [6.45, 7) is 4.84. The molecule has 7 heteroatoms. The maximum Gasteiger partial charge on any atom is 0.324 e. The summed E-state index contributed by atoms with van der Waals surface area (Å²) in [4.78, 5) is 27.1. The van der Waals surface area contributed by atoms with Gasteiger partial charge < -0.3 is 9.80 Å². The van der Waals surface area contributed by atoms with Crippen LogP contribution in [-0.4, -0.2) is 41.9 Å². The molecule has 120 valence electrons. The molecule has 0 bridgehead atoms. The first-order valence-corrected chi connectivity index (χ1v) is 8.21. The normalized spacial score (nSPS) is 14.8. The molecule has 1 amide bonds. The Morgan fingerprint density at radius 3 is 2.52 bits per heavy atom. The molecule has 3 rings (SSSR count). The molecule has 0 aliphatic carbocycles. The Hall–Kier alpha value is -2.41. The molecule has 6 nitrogen and oxygen atoms in total. The van der Waals surface area contributed by atoms with Crippen molar-refractivity contribution in [3.8, 4) is 0 Å². The van der Waals surface area contributed by atoms with E-state index in [1.807, 2.05) is 6.07 Å². The van der Waals surface area contributed by atoms with Gasteiger partial charge in [-0.25, -0.2) is 0 Å². The van der Waals surface area contributed by atoms with Crippen LogP contribution in [0.25, 0.3) is 0 Å². The number of hydrogen-bond donors (Lipinski definition) is 0. The quantitative estimate of drug-likeness (QED) is 0.641. The van der Waals surface area contributed by atoms with Gasteiger partial charge in [-0.1, -0.05) is 23.5 Å². The molecule has 0 unspecified atom stereocenters. The smallest absolute Gasteiger partial charge is 0.324 e. The molecular formula is C16H17N3O3S. The molecule has 0 atom stereocenters. The molecule has 1 aromatic heterocycles. The molecule has 0 saturated carbocycles. The third-order valence-corrected chi connectivity index (χ3v) is 4.94. The first kappa shape index (κ1) is 15.5. The average molecular weight is 331 g/mol.